The molecule has 0 fully saturated rings. The van der Waals surface area contributed by atoms with Crippen molar-refractivity contribution in [1.82, 2.24) is 9.97 Å². The molecule has 0 aliphatic carbocycles. The van der Waals surface area contributed by atoms with Crippen LogP contribution in [-0.2, 0) is 6.42 Å². The number of pyridine rings is 1. The molecule has 22 heavy (non-hydrogen) atoms. The van der Waals surface area contributed by atoms with Crippen LogP contribution in [0.25, 0.3) is 22.2 Å². The lowest BCUT2D eigenvalue weighted by Gasteiger charge is -2.12. The number of hydrogen-bond acceptors (Lipinski definition) is 3. The van der Waals surface area contributed by atoms with E-state index < -0.39 is 22.8 Å². The lowest BCUT2D eigenvalue weighted by molar-refractivity contribution is 0.0691. The smallest absolute Gasteiger partial charge is 0.345 e. The number of aromatic amines is 2. The summed E-state index contributed by atoms with van der Waals surface area (Å²) in [6, 6.07) is 7.44. The first-order valence-electron chi connectivity index (χ1n) is 6.81. The van der Waals surface area contributed by atoms with Gasteiger partial charge in [0.2, 0.25) is 0 Å². The summed E-state index contributed by atoms with van der Waals surface area (Å²) in [6.45, 7) is 1.79. The average Bonchev–Trinajstić information content (AvgIpc) is 2.93. The van der Waals surface area contributed by atoms with Gasteiger partial charge in [-0.3, -0.25) is 4.79 Å². The van der Waals surface area contributed by atoms with Gasteiger partial charge in [-0.15, -0.1) is 0 Å². The van der Waals surface area contributed by atoms with Gasteiger partial charge in [0.25, 0.3) is 5.56 Å². The number of aromatic carboxylic acids is 1. The fraction of sp³-hybridized carbons (Fsp3) is 0.125. The van der Waals surface area contributed by atoms with Crippen molar-refractivity contribution in [2.24, 2.45) is 0 Å². The summed E-state index contributed by atoms with van der Waals surface area (Å²) in [7, 11) is 0. The lowest BCUT2D eigenvalue weighted by atomic mass is 10.00. The number of benzene rings is 1. The van der Waals surface area contributed by atoms with Crippen LogP contribution in [0.2, 0.25) is 0 Å². The molecule has 0 aliphatic rings. The molecule has 6 nitrogen and oxygen atoms in total. The van der Waals surface area contributed by atoms with Crippen LogP contribution in [0.15, 0.2) is 35.3 Å². The van der Waals surface area contributed by atoms with E-state index in [1.54, 1.807) is 6.92 Å². The van der Waals surface area contributed by atoms with E-state index in [2.05, 4.69) is 9.97 Å². The minimum absolute atomic E-state index is 0.392. The van der Waals surface area contributed by atoms with Crippen LogP contribution >= 0.6 is 0 Å². The number of H-pyrrole nitrogens is 2. The van der Waals surface area contributed by atoms with Gasteiger partial charge in [-0.1, -0.05) is 13.0 Å². The summed E-state index contributed by atoms with van der Waals surface area (Å²) in [5, 5.41) is 20.2. The quantitative estimate of drug-likeness (QED) is 0.596. The summed E-state index contributed by atoms with van der Waals surface area (Å²) in [5.74, 6) is -1.91. The number of nitrogens with one attached hydrogen (secondary N) is 2. The molecule has 2 heterocycles. The van der Waals surface area contributed by atoms with E-state index in [0.29, 0.717) is 23.2 Å². The van der Waals surface area contributed by atoms with Gasteiger partial charge in [-0.2, -0.15) is 0 Å². The third-order valence-electron chi connectivity index (χ3n) is 3.70. The van der Waals surface area contributed by atoms with E-state index in [9.17, 15) is 14.7 Å². The van der Waals surface area contributed by atoms with Crippen molar-refractivity contribution >= 4 is 16.9 Å². The topological polar surface area (TPSA) is 106 Å². The third kappa shape index (κ3) is 2.05. The molecule has 6 heteroatoms. The van der Waals surface area contributed by atoms with Crippen molar-refractivity contribution in [3.8, 4) is 17.0 Å². The summed E-state index contributed by atoms with van der Waals surface area (Å²) in [6.07, 6.45) is 2.20. The Hall–Kier alpha value is -3.02. The maximum atomic E-state index is 12.0. The predicted molar refractivity (Wildman–Crippen MR) is 82.4 cm³/mol. The molecule has 3 rings (SSSR count). The highest BCUT2D eigenvalue weighted by atomic mass is 16.4. The van der Waals surface area contributed by atoms with Crippen LogP contribution in [0.5, 0.6) is 5.75 Å². The number of hydrogen-bond donors (Lipinski definition) is 4. The minimum atomic E-state index is -1.44. The molecular formula is C16H14N2O4. The van der Waals surface area contributed by atoms with Crippen LogP contribution in [0, 0.1) is 0 Å². The Kier molecular flexibility index (Phi) is 3.21. The average molecular weight is 298 g/mol. The Morgan fingerprint density at radius 2 is 2.05 bits per heavy atom. The van der Waals surface area contributed by atoms with Crippen LogP contribution in [0.1, 0.15) is 22.8 Å². The van der Waals surface area contributed by atoms with Crippen molar-refractivity contribution in [2.75, 3.05) is 0 Å². The van der Waals surface area contributed by atoms with E-state index in [1.165, 1.54) is 0 Å². The number of carbonyl (C=O) groups is 1. The number of aromatic hydroxyl groups is 1. The molecule has 1 aromatic carbocycles. The van der Waals surface area contributed by atoms with Gasteiger partial charge in [0, 0.05) is 22.7 Å². The zero-order chi connectivity index (χ0) is 15.9. The predicted octanol–water partition coefficient (Wildman–Crippen LogP) is 2.49. The highest BCUT2D eigenvalue weighted by Crippen LogP contribution is 2.31. The second-order valence-electron chi connectivity index (χ2n) is 4.97. The summed E-state index contributed by atoms with van der Waals surface area (Å²) in [5.41, 5.74) is 1.09. The molecule has 112 valence electrons. The fourth-order valence-electron chi connectivity index (χ4n) is 2.63. The van der Waals surface area contributed by atoms with Gasteiger partial charge in [-0.05, 0) is 30.2 Å². The Labute approximate surface area is 125 Å². The molecule has 3 aromatic rings. The van der Waals surface area contributed by atoms with E-state index in [0.717, 1.165) is 10.9 Å². The second kappa shape index (κ2) is 5.07. The van der Waals surface area contributed by atoms with Crippen molar-refractivity contribution in [2.45, 2.75) is 13.3 Å². The highest BCUT2D eigenvalue weighted by molar-refractivity contribution is 5.92. The summed E-state index contributed by atoms with van der Waals surface area (Å²) < 4.78 is 0. The molecule has 0 bridgehead atoms. The fourth-order valence-corrected chi connectivity index (χ4v) is 2.63. The lowest BCUT2D eigenvalue weighted by Crippen LogP contribution is -2.20. The Balaban J connectivity index is 2.30. The Bertz CT molecular complexity index is 937. The van der Waals surface area contributed by atoms with Crippen LogP contribution in [0.3, 0.4) is 0 Å². The SMILES string of the molecule is CCc1c(-c2ccc3[nH]ccc3c2)[nH]c(=O)c(C(=O)O)c1O. The minimum Gasteiger partial charge on any atom is -0.506 e. The molecule has 0 amide bonds. The second-order valence-corrected chi connectivity index (χ2v) is 4.97. The Morgan fingerprint density at radius 1 is 1.27 bits per heavy atom. The van der Waals surface area contributed by atoms with Gasteiger partial charge in [-0.25, -0.2) is 4.79 Å². The van der Waals surface area contributed by atoms with Gasteiger partial charge in [0.05, 0.1) is 5.69 Å². The molecule has 0 unspecified atom stereocenters. The van der Waals surface area contributed by atoms with Crippen LogP contribution in [-0.4, -0.2) is 26.2 Å². The molecular weight excluding hydrogens is 284 g/mol. The molecule has 0 spiro atoms. The van der Waals surface area contributed by atoms with Gasteiger partial charge >= 0.3 is 5.97 Å². The molecule has 0 radical (unpaired) electrons. The van der Waals surface area contributed by atoms with E-state index in [4.69, 9.17) is 5.11 Å². The normalized spacial score (nSPS) is 11.0. The Morgan fingerprint density at radius 3 is 2.73 bits per heavy atom. The van der Waals surface area contributed by atoms with Crippen LogP contribution < -0.4 is 5.56 Å². The largest absolute Gasteiger partial charge is 0.506 e. The first kappa shape index (κ1) is 13.9. The monoisotopic (exact) mass is 298 g/mol. The first-order chi connectivity index (χ1) is 10.5. The van der Waals surface area contributed by atoms with Gasteiger partial charge in [0.1, 0.15) is 5.75 Å². The first-order valence-corrected chi connectivity index (χ1v) is 6.81. The third-order valence-corrected chi connectivity index (χ3v) is 3.70. The number of rotatable bonds is 3. The molecule has 2 aromatic heterocycles. The van der Waals surface area contributed by atoms with Gasteiger partial charge in [0.15, 0.2) is 5.56 Å². The van der Waals surface area contributed by atoms with Crippen LogP contribution in [0.4, 0.5) is 0 Å². The molecule has 0 saturated carbocycles. The molecule has 0 atom stereocenters. The van der Waals surface area contributed by atoms with Gasteiger partial charge < -0.3 is 20.2 Å². The molecule has 0 aliphatic heterocycles. The van der Waals surface area contributed by atoms with E-state index >= 15 is 0 Å². The highest BCUT2D eigenvalue weighted by Gasteiger charge is 2.21. The molecule has 4 N–H and O–H groups in total. The number of carboxylic acid groups (broad SMARTS) is 1. The number of carboxylic acids is 1. The van der Waals surface area contributed by atoms with Crippen molar-refractivity contribution < 1.29 is 15.0 Å². The summed E-state index contributed by atoms with van der Waals surface area (Å²) >= 11 is 0. The van der Waals surface area contributed by atoms with Crippen molar-refractivity contribution in [3.63, 3.8) is 0 Å². The zero-order valence-corrected chi connectivity index (χ0v) is 11.8. The van der Waals surface area contributed by atoms with Crippen molar-refractivity contribution in [3.05, 3.63) is 51.9 Å². The van der Waals surface area contributed by atoms with E-state index in [1.807, 2.05) is 30.5 Å². The maximum absolute atomic E-state index is 12.0. The summed E-state index contributed by atoms with van der Waals surface area (Å²) in [4.78, 5) is 28.7. The maximum Gasteiger partial charge on any atom is 0.345 e. The number of aromatic nitrogens is 2. The zero-order valence-electron chi connectivity index (χ0n) is 11.8. The standard InChI is InChI=1S/C16H14N2O4/c1-2-10-13(18-15(20)12(14(10)19)16(21)22)9-3-4-11-8(7-9)5-6-17-11/h3-7,17H,2H2,1H3,(H,21,22)(H2,18,19,20). The number of fused-ring (bicyclic) bond motifs is 1. The van der Waals surface area contributed by atoms with Crippen molar-refractivity contribution in [1.29, 1.82) is 0 Å². The van der Waals surface area contributed by atoms with E-state index in [-0.39, 0.29) is 0 Å². The molecule has 0 saturated heterocycles.